The molecule has 1 aliphatic rings. The zero-order valence-corrected chi connectivity index (χ0v) is 15.0. The van der Waals surface area contributed by atoms with Gasteiger partial charge in [0.1, 0.15) is 6.61 Å². The molecule has 1 aromatic rings. The summed E-state index contributed by atoms with van der Waals surface area (Å²) < 4.78 is 5.09. The van der Waals surface area contributed by atoms with Crippen molar-refractivity contribution in [2.75, 3.05) is 26.4 Å². The predicted octanol–water partition coefficient (Wildman–Crippen LogP) is 1.54. The number of benzene rings is 1. The van der Waals surface area contributed by atoms with Crippen molar-refractivity contribution in [3.8, 4) is 11.8 Å². The largest absolute Gasteiger partial charge is 0.394 e. The van der Waals surface area contributed by atoms with Crippen LogP contribution in [-0.2, 0) is 16.0 Å². The molecule has 2 rings (SSSR count). The van der Waals surface area contributed by atoms with E-state index in [0.717, 1.165) is 18.4 Å². The van der Waals surface area contributed by atoms with Gasteiger partial charge in [0.15, 0.2) is 0 Å². The normalized spacial score (nSPS) is 18.6. The Bertz CT molecular complexity index is 632. The number of amides is 1. The van der Waals surface area contributed by atoms with Crippen LogP contribution in [0.1, 0.15) is 24.8 Å². The van der Waals surface area contributed by atoms with Gasteiger partial charge >= 0.3 is 0 Å². The van der Waals surface area contributed by atoms with Gasteiger partial charge in [-0.3, -0.25) is 4.79 Å². The number of hydrogen-bond donors (Lipinski definition) is 2. The molecular weight excluding hydrogens is 330 g/mol. The highest BCUT2D eigenvalue weighted by Gasteiger charge is 2.25. The third-order valence-electron chi connectivity index (χ3n) is 4.24. The first-order chi connectivity index (χ1) is 12.7. The molecule has 0 saturated carbocycles. The van der Waals surface area contributed by atoms with Crippen molar-refractivity contribution in [3.05, 3.63) is 48.0 Å². The molecule has 1 aromatic carbocycles. The van der Waals surface area contributed by atoms with Crippen LogP contribution >= 0.6 is 0 Å². The average Bonchev–Trinajstić information content (AvgIpc) is 2.65. The molecule has 5 heteroatoms. The van der Waals surface area contributed by atoms with E-state index in [1.54, 1.807) is 11.0 Å². The first-order valence-corrected chi connectivity index (χ1v) is 9.05. The number of likely N-dealkylation sites (tertiary alicyclic amines) is 1. The maximum absolute atomic E-state index is 12.2. The maximum atomic E-state index is 12.2. The van der Waals surface area contributed by atoms with Crippen LogP contribution in [0, 0.1) is 11.8 Å². The van der Waals surface area contributed by atoms with Gasteiger partial charge in [-0.2, -0.15) is 0 Å². The van der Waals surface area contributed by atoms with Gasteiger partial charge in [0, 0.05) is 12.8 Å². The summed E-state index contributed by atoms with van der Waals surface area (Å²) in [6, 6.07) is 9.80. The van der Waals surface area contributed by atoms with E-state index < -0.39 is 6.10 Å². The molecule has 1 fully saturated rings. The Morgan fingerprint density at radius 1 is 1.31 bits per heavy atom. The summed E-state index contributed by atoms with van der Waals surface area (Å²) >= 11 is 0. The number of nitrogens with zero attached hydrogens (tertiary/aromatic N) is 1. The lowest BCUT2D eigenvalue weighted by atomic mass is 9.99. The number of hydrogen-bond acceptors (Lipinski definition) is 4. The zero-order valence-electron chi connectivity index (χ0n) is 15.0. The number of aliphatic hydroxyl groups excluding tert-OH is 2. The smallest absolute Gasteiger partial charge is 0.223 e. The molecule has 140 valence electrons. The van der Waals surface area contributed by atoms with E-state index in [1.807, 2.05) is 36.4 Å². The van der Waals surface area contributed by atoms with Crippen molar-refractivity contribution in [3.63, 3.8) is 0 Å². The second kappa shape index (κ2) is 11.5. The topological polar surface area (TPSA) is 70.0 Å². The second-order valence-corrected chi connectivity index (χ2v) is 6.25. The molecule has 5 nitrogen and oxygen atoms in total. The fourth-order valence-electron chi connectivity index (χ4n) is 2.91. The van der Waals surface area contributed by atoms with Crippen molar-refractivity contribution in [2.24, 2.45) is 0 Å². The number of piperidine rings is 1. The van der Waals surface area contributed by atoms with Gasteiger partial charge in [-0.05, 0) is 18.4 Å². The van der Waals surface area contributed by atoms with E-state index in [9.17, 15) is 9.90 Å². The Hall–Kier alpha value is -2.13. The van der Waals surface area contributed by atoms with Crippen LogP contribution in [0.5, 0.6) is 0 Å². The highest BCUT2D eigenvalue weighted by molar-refractivity contribution is 5.77. The van der Waals surface area contributed by atoms with Crippen molar-refractivity contribution >= 4 is 5.91 Å². The minimum Gasteiger partial charge on any atom is -0.394 e. The van der Waals surface area contributed by atoms with E-state index in [1.165, 1.54) is 0 Å². The van der Waals surface area contributed by atoms with E-state index in [4.69, 9.17) is 9.84 Å². The lowest BCUT2D eigenvalue weighted by Crippen LogP contribution is -2.42. The van der Waals surface area contributed by atoms with Crippen LogP contribution in [0.2, 0.25) is 0 Å². The fourth-order valence-corrected chi connectivity index (χ4v) is 2.91. The summed E-state index contributed by atoms with van der Waals surface area (Å²) in [5.74, 6) is 5.90. The first-order valence-electron chi connectivity index (χ1n) is 9.05. The summed E-state index contributed by atoms with van der Waals surface area (Å²) in [5.41, 5.74) is 1.08. The summed E-state index contributed by atoms with van der Waals surface area (Å²) in [6.45, 7) is 0.844. The maximum Gasteiger partial charge on any atom is 0.223 e. The van der Waals surface area contributed by atoms with Crippen LogP contribution in [0.15, 0.2) is 42.5 Å². The summed E-state index contributed by atoms with van der Waals surface area (Å²) in [7, 11) is 0. The molecule has 0 aliphatic carbocycles. The van der Waals surface area contributed by atoms with Crippen LogP contribution in [0.25, 0.3) is 0 Å². The standard InChI is InChI=1S/C21H27NO4/c23-14-16-26-15-5-4-13-22-19(9-6-10-21(22)25)11-12-20(24)17-18-7-2-1-3-8-18/h1-3,7-8,11-12,19-20,23-24H,6,9-10,13-17H2/t19-,20?/m1/s1. The van der Waals surface area contributed by atoms with Crippen LogP contribution in [-0.4, -0.2) is 59.5 Å². The van der Waals surface area contributed by atoms with Gasteiger partial charge in [-0.1, -0.05) is 54.3 Å². The molecule has 2 atom stereocenters. The zero-order chi connectivity index (χ0) is 18.6. The van der Waals surface area contributed by atoms with Crippen molar-refractivity contribution in [1.82, 2.24) is 4.90 Å². The highest BCUT2D eigenvalue weighted by Crippen LogP contribution is 2.19. The Morgan fingerprint density at radius 2 is 2.12 bits per heavy atom. The minimum atomic E-state index is -0.575. The second-order valence-electron chi connectivity index (χ2n) is 6.25. The first kappa shape index (κ1) is 20.2. The molecule has 0 spiro atoms. The molecule has 2 N–H and O–H groups in total. The Labute approximate surface area is 155 Å². The number of ether oxygens (including phenoxy) is 1. The van der Waals surface area contributed by atoms with Gasteiger partial charge in [0.2, 0.25) is 5.91 Å². The van der Waals surface area contributed by atoms with E-state index >= 15 is 0 Å². The third-order valence-corrected chi connectivity index (χ3v) is 4.24. The van der Waals surface area contributed by atoms with Gasteiger partial charge < -0.3 is 19.8 Å². The van der Waals surface area contributed by atoms with E-state index in [-0.39, 0.29) is 31.8 Å². The van der Waals surface area contributed by atoms with Gasteiger partial charge in [-0.25, -0.2) is 0 Å². The quantitative estimate of drug-likeness (QED) is 0.421. The molecule has 26 heavy (non-hydrogen) atoms. The number of carbonyl (C=O) groups excluding carboxylic acids is 1. The SMILES string of the molecule is O=C1CCC[C@H](C=CC(O)Cc2ccccc2)N1CC#CCOCCO. The monoisotopic (exact) mass is 357 g/mol. The average molecular weight is 357 g/mol. The van der Waals surface area contributed by atoms with Gasteiger partial charge in [-0.15, -0.1) is 0 Å². The minimum absolute atomic E-state index is 0.0233. The third kappa shape index (κ3) is 7.01. The van der Waals surface area contributed by atoms with Crippen molar-refractivity contribution < 1.29 is 19.7 Å². The van der Waals surface area contributed by atoms with E-state index in [2.05, 4.69) is 11.8 Å². The molecule has 0 radical (unpaired) electrons. The lowest BCUT2D eigenvalue weighted by molar-refractivity contribution is -0.134. The molecule has 0 bridgehead atoms. The summed E-state index contributed by atoms with van der Waals surface area (Å²) in [5, 5.41) is 18.9. The van der Waals surface area contributed by atoms with Crippen LogP contribution in [0.4, 0.5) is 0 Å². The molecular formula is C21H27NO4. The molecule has 1 unspecified atom stereocenters. The van der Waals surface area contributed by atoms with E-state index in [0.29, 0.717) is 19.4 Å². The molecule has 0 aromatic heterocycles. The van der Waals surface area contributed by atoms with Crippen molar-refractivity contribution in [1.29, 1.82) is 0 Å². The molecule has 1 amide bonds. The van der Waals surface area contributed by atoms with Crippen LogP contribution in [0.3, 0.4) is 0 Å². The lowest BCUT2D eigenvalue weighted by Gasteiger charge is -2.32. The molecule has 1 aliphatic heterocycles. The van der Waals surface area contributed by atoms with Crippen LogP contribution < -0.4 is 0 Å². The Morgan fingerprint density at radius 3 is 2.88 bits per heavy atom. The number of carbonyl (C=O) groups is 1. The Balaban J connectivity index is 1.88. The number of rotatable bonds is 8. The predicted molar refractivity (Wildman–Crippen MR) is 100 cm³/mol. The Kier molecular flexibility index (Phi) is 8.91. The van der Waals surface area contributed by atoms with Crippen molar-refractivity contribution in [2.45, 2.75) is 37.8 Å². The van der Waals surface area contributed by atoms with Gasteiger partial charge in [0.05, 0.1) is 31.9 Å². The fraction of sp³-hybridized carbons (Fsp3) is 0.476. The van der Waals surface area contributed by atoms with Gasteiger partial charge in [0.25, 0.3) is 0 Å². The molecule has 1 heterocycles. The molecule has 1 saturated heterocycles. The highest BCUT2D eigenvalue weighted by atomic mass is 16.5. The number of aliphatic hydroxyl groups is 2. The summed E-state index contributed by atoms with van der Waals surface area (Å²) in [6.07, 6.45) is 5.96. The summed E-state index contributed by atoms with van der Waals surface area (Å²) in [4.78, 5) is 14.0.